The van der Waals surface area contributed by atoms with E-state index in [4.69, 9.17) is 0 Å². The van der Waals surface area contributed by atoms with Crippen molar-refractivity contribution in [2.24, 2.45) is 0 Å². The fourth-order valence-corrected chi connectivity index (χ4v) is 0.589. The predicted octanol–water partition coefficient (Wildman–Crippen LogP) is 4.06. The Kier molecular flexibility index (Phi) is 16.5. The zero-order valence-electron chi connectivity index (χ0n) is 5.90. The van der Waals surface area contributed by atoms with Crippen molar-refractivity contribution in [2.75, 3.05) is 0 Å². The lowest BCUT2D eigenvalue weighted by Crippen LogP contribution is -1.63. The summed E-state index contributed by atoms with van der Waals surface area (Å²) in [5.74, 6) is 0. The van der Waals surface area contributed by atoms with Crippen LogP contribution in [0.15, 0.2) is 36.9 Å². The van der Waals surface area contributed by atoms with Crippen LogP contribution in [-0.2, 0) is 0 Å². The lowest BCUT2D eigenvalue weighted by Gasteiger charge is -1.85. The molecule has 0 radical (unpaired) electrons. The molecular formula is C8H11Br3. The van der Waals surface area contributed by atoms with Crippen LogP contribution in [-0.4, -0.2) is 0 Å². The van der Waals surface area contributed by atoms with Crippen LogP contribution in [0.3, 0.4) is 0 Å². The fraction of sp³-hybridized carbons (Fsp3) is 0. The van der Waals surface area contributed by atoms with Crippen molar-refractivity contribution in [3.8, 4) is 0 Å². The summed E-state index contributed by atoms with van der Waals surface area (Å²) in [6.45, 7) is 3.63. The van der Waals surface area contributed by atoms with Crippen molar-refractivity contribution < 1.29 is 0 Å². The third-order valence-corrected chi connectivity index (χ3v) is 1.04. The minimum atomic E-state index is 0. The van der Waals surface area contributed by atoms with Gasteiger partial charge in [-0.3, -0.25) is 0 Å². The third kappa shape index (κ3) is 6.78. The molecule has 0 spiro atoms. The molecule has 0 saturated carbocycles. The van der Waals surface area contributed by atoms with E-state index in [1.807, 2.05) is 36.4 Å². The van der Waals surface area contributed by atoms with E-state index in [0.717, 1.165) is 0 Å². The maximum atomic E-state index is 3.63. The van der Waals surface area contributed by atoms with Gasteiger partial charge in [-0.05, 0) is 5.56 Å². The zero-order chi connectivity index (χ0) is 5.82. The molecule has 0 atom stereocenters. The maximum absolute atomic E-state index is 3.63. The first-order valence-electron chi connectivity index (χ1n) is 2.61. The molecule has 0 aliphatic rings. The lowest BCUT2D eigenvalue weighted by atomic mass is 10.2. The van der Waals surface area contributed by atoms with Crippen LogP contribution < -0.4 is 0 Å². The normalized spacial score (nSPS) is 6.18. The van der Waals surface area contributed by atoms with Crippen molar-refractivity contribution in [3.63, 3.8) is 0 Å². The van der Waals surface area contributed by atoms with E-state index in [0.29, 0.717) is 0 Å². The highest BCUT2D eigenvalue weighted by atomic mass is 79.9. The van der Waals surface area contributed by atoms with Crippen LogP contribution in [0.5, 0.6) is 0 Å². The molecule has 0 nitrogen and oxygen atoms in total. The number of hydrogen-bond donors (Lipinski definition) is 0. The molecule has 0 unspecified atom stereocenters. The van der Waals surface area contributed by atoms with Gasteiger partial charge in [0.2, 0.25) is 0 Å². The van der Waals surface area contributed by atoms with Crippen LogP contribution in [0.1, 0.15) is 5.56 Å². The van der Waals surface area contributed by atoms with Crippen molar-refractivity contribution in [3.05, 3.63) is 42.5 Å². The lowest BCUT2D eigenvalue weighted by molar-refractivity contribution is 1.67. The van der Waals surface area contributed by atoms with Crippen molar-refractivity contribution in [1.82, 2.24) is 0 Å². The van der Waals surface area contributed by atoms with Gasteiger partial charge in [0, 0.05) is 0 Å². The van der Waals surface area contributed by atoms with E-state index in [9.17, 15) is 0 Å². The Morgan fingerprint density at radius 1 is 0.909 bits per heavy atom. The van der Waals surface area contributed by atoms with E-state index in [-0.39, 0.29) is 50.9 Å². The Balaban J connectivity index is -0.000000213. The number of hydrogen-bond acceptors (Lipinski definition) is 0. The first-order valence-corrected chi connectivity index (χ1v) is 2.61. The molecule has 0 saturated heterocycles. The molecule has 1 aromatic carbocycles. The van der Waals surface area contributed by atoms with Crippen molar-refractivity contribution in [1.29, 1.82) is 0 Å². The monoisotopic (exact) mass is 344 g/mol. The highest BCUT2D eigenvalue weighted by molar-refractivity contribution is 8.93. The van der Waals surface area contributed by atoms with Gasteiger partial charge in [0.15, 0.2) is 0 Å². The SMILES string of the molecule is Br.Br.Br.C=Cc1ccccc1. The Labute approximate surface area is 99.0 Å². The third-order valence-electron chi connectivity index (χ3n) is 1.04. The summed E-state index contributed by atoms with van der Waals surface area (Å²) >= 11 is 0. The Morgan fingerprint density at radius 2 is 1.36 bits per heavy atom. The van der Waals surface area contributed by atoms with Gasteiger partial charge in [-0.2, -0.15) is 0 Å². The quantitative estimate of drug-likeness (QED) is 0.719. The van der Waals surface area contributed by atoms with Gasteiger partial charge in [0.05, 0.1) is 0 Å². The molecule has 11 heavy (non-hydrogen) atoms. The second-order valence-electron chi connectivity index (χ2n) is 1.61. The largest absolute Gasteiger partial charge is 0.114 e. The molecule has 0 N–H and O–H groups in total. The van der Waals surface area contributed by atoms with Crippen LogP contribution in [0, 0.1) is 0 Å². The summed E-state index contributed by atoms with van der Waals surface area (Å²) in [5.41, 5.74) is 1.17. The van der Waals surface area contributed by atoms with Gasteiger partial charge in [0.1, 0.15) is 0 Å². The first kappa shape index (κ1) is 17.5. The smallest absolute Gasteiger partial charge is 0.0263 e. The average molecular weight is 347 g/mol. The number of benzene rings is 1. The summed E-state index contributed by atoms with van der Waals surface area (Å²) in [6, 6.07) is 10.0. The maximum Gasteiger partial charge on any atom is -0.0263 e. The molecule has 0 aromatic heterocycles. The molecule has 0 bridgehead atoms. The Hall–Kier alpha value is 0.400. The second-order valence-corrected chi connectivity index (χ2v) is 1.61. The van der Waals surface area contributed by atoms with Gasteiger partial charge >= 0.3 is 0 Å². The molecular weight excluding hydrogens is 336 g/mol. The summed E-state index contributed by atoms with van der Waals surface area (Å²) in [6.07, 6.45) is 1.83. The highest BCUT2D eigenvalue weighted by Crippen LogP contribution is 1.97. The molecule has 64 valence electrons. The summed E-state index contributed by atoms with van der Waals surface area (Å²) < 4.78 is 0. The van der Waals surface area contributed by atoms with Gasteiger partial charge in [-0.15, -0.1) is 50.9 Å². The van der Waals surface area contributed by atoms with Crippen LogP contribution in [0.2, 0.25) is 0 Å². The average Bonchev–Trinajstić information content (AvgIpc) is 1.90. The van der Waals surface area contributed by atoms with Gasteiger partial charge in [0.25, 0.3) is 0 Å². The minimum Gasteiger partial charge on any atom is -0.114 e. The van der Waals surface area contributed by atoms with Crippen molar-refractivity contribution in [2.45, 2.75) is 0 Å². The molecule has 0 aliphatic carbocycles. The highest BCUT2D eigenvalue weighted by Gasteiger charge is 1.75. The van der Waals surface area contributed by atoms with E-state index >= 15 is 0 Å². The van der Waals surface area contributed by atoms with Crippen LogP contribution in [0.4, 0.5) is 0 Å². The second kappa shape index (κ2) is 10.4. The van der Waals surface area contributed by atoms with Gasteiger partial charge < -0.3 is 0 Å². The number of halogens is 3. The van der Waals surface area contributed by atoms with Gasteiger partial charge in [-0.25, -0.2) is 0 Å². The van der Waals surface area contributed by atoms with E-state index in [1.165, 1.54) is 5.56 Å². The summed E-state index contributed by atoms with van der Waals surface area (Å²) in [5, 5.41) is 0. The topological polar surface area (TPSA) is 0 Å². The summed E-state index contributed by atoms with van der Waals surface area (Å²) in [4.78, 5) is 0. The minimum absolute atomic E-state index is 0. The predicted molar refractivity (Wildman–Crippen MR) is 67.5 cm³/mol. The Bertz CT molecular complexity index is 172. The molecule has 0 fully saturated rings. The van der Waals surface area contributed by atoms with E-state index in [2.05, 4.69) is 6.58 Å². The molecule has 1 rings (SSSR count). The molecule has 0 amide bonds. The van der Waals surface area contributed by atoms with E-state index in [1.54, 1.807) is 0 Å². The van der Waals surface area contributed by atoms with Crippen LogP contribution >= 0.6 is 50.9 Å². The fourth-order valence-electron chi connectivity index (χ4n) is 0.589. The van der Waals surface area contributed by atoms with Gasteiger partial charge in [-0.1, -0.05) is 43.0 Å². The molecule has 0 heterocycles. The molecule has 3 heteroatoms. The Morgan fingerprint density at radius 3 is 1.64 bits per heavy atom. The van der Waals surface area contributed by atoms with E-state index < -0.39 is 0 Å². The first-order chi connectivity index (χ1) is 3.93. The molecule has 0 aliphatic heterocycles. The molecule has 1 aromatic rings. The number of rotatable bonds is 1. The van der Waals surface area contributed by atoms with Crippen LogP contribution in [0.25, 0.3) is 6.08 Å². The zero-order valence-corrected chi connectivity index (χ0v) is 11.0. The summed E-state index contributed by atoms with van der Waals surface area (Å²) in [7, 11) is 0. The van der Waals surface area contributed by atoms with Crippen molar-refractivity contribution >= 4 is 57.0 Å². The standard InChI is InChI=1S/C8H8.3BrH/c1-2-8-6-4-3-5-7-8;;;/h2-7H,1H2;3*1H.